The Labute approximate surface area is 159 Å². The zero-order valence-corrected chi connectivity index (χ0v) is 16.2. The quantitative estimate of drug-likeness (QED) is 0.400. The molecule has 0 radical (unpaired) electrons. The van der Waals surface area contributed by atoms with Crippen LogP contribution in [0.3, 0.4) is 0 Å². The van der Waals surface area contributed by atoms with Gasteiger partial charge in [-0.05, 0) is 6.42 Å². The molecule has 0 aliphatic rings. The van der Waals surface area contributed by atoms with E-state index in [1.54, 1.807) is 7.05 Å². The number of rotatable bonds is 8. The van der Waals surface area contributed by atoms with Crippen molar-refractivity contribution in [3.63, 3.8) is 0 Å². The molecular weight excluding hydrogens is 381 g/mol. The molecule has 2 aromatic rings. The van der Waals surface area contributed by atoms with Gasteiger partial charge in [0.25, 0.3) is 0 Å². The van der Waals surface area contributed by atoms with Crippen molar-refractivity contribution in [3.8, 4) is 0 Å². The van der Waals surface area contributed by atoms with Crippen molar-refractivity contribution in [1.82, 2.24) is 25.8 Å². The molecule has 2 heterocycles. The molecule has 0 amide bonds. The molecule has 0 aliphatic heterocycles. The van der Waals surface area contributed by atoms with E-state index in [0.29, 0.717) is 48.6 Å². The molecule has 0 fully saturated rings. The molecule has 0 saturated heterocycles. The van der Waals surface area contributed by atoms with Gasteiger partial charge < -0.3 is 15.2 Å². The Morgan fingerprint density at radius 2 is 1.96 bits per heavy atom. The maximum Gasteiger partial charge on any atom is 0.434 e. The van der Waals surface area contributed by atoms with E-state index in [0.717, 1.165) is 23.1 Å². The van der Waals surface area contributed by atoms with Crippen molar-refractivity contribution in [3.05, 3.63) is 27.8 Å². The highest BCUT2D eigenvalue weighted by atomic mass is 32.1. The normalized spacial score (nSPS) is 12.6. The summed E-state index contributed by atoms with van der Waals surface area (Å²) in [5.74, 6) is 2.11. The third-order valence-corrected chi connectivity index (χ3v) is 4.47. The van der Waals surface area contributed by atoms with Gasteiger partial charge in [-0.15, -0.1) is 11.3 Å². The number of nitrogens with one attached hydrogen (secondary N) is 2. The second-order valence-corrected chi connectivity index (χ2v) is 7.05. The number of hydrogen-bond donors (Lipinski definition) is 2. The van der Waals surface area contributed by atoms with Crippen LogP contribution in [0.1, 0.15) is 48.6 Å². The Hall–Kier alpha value is -2.17. The highest BCUT2D eigenvalue weighted by molar-refractivity contribution is 7.09. The molecule has 0 unspecified atom stereocenters. The molecule has 0 aromatic carbocycles. The van der Waals surface area contributed by atoms with Gasteiger partial charge >= 0.3 is 6.18 Å². The first-order chi connectivity index (χ1) is 12.8. The molecular formula is C16H23F3N6OS. The van der Waals surface area contributed by atoms with E-state index in [-0.39, 0.29) is 5.92 Å². The van der Waals surface area contributed by atoms with Crippen molar-refractivity contribution < 1.29 is 17.7 Å². The maximum atomic E-state index is 12.5. The number of nitrogens with zero attached hydrogens (tertiary/aromatic N) is 4. The largest absolute Gasteiger partial charge is 0.434 e. The van der Waals surface area contributed by atoms with E-state index in [1.807, 2.05) is 13.8 Å². The van der Waals surface area contributed by atoms with Crippen LogP contribution in [0.4, 0.5) is 13.2 Å². The van der Waals surface area contributed by atoms with E-state index in [1.165, 1.54) is 0 Å². The monoisotopic (exact) mass is 404 g/mol. The lowest BCUT2D eigenvalue weighted by molar-refractivity contribution is -0.140. The number of halogens is 3. The summed E-state index contributed by atoms with van der Waals surface area (Å²) in [6.45, 7) is 5.09. The zero-order valence-electron chi connectivity index (χ0n) is 15.4. The Morgan fingerprint density at radius 1 is 1.22 bits per heavy atom. The van der Waals surface area contributed by atoms with Gasteiger partial charge in [0, 0.05) is 44.3 Å². The van der Waals surface area contributed by atoms with Crippen molar-refractivity contribution in [2.75, 3.05) is 20.1 Å². The van der Waals surface area contributed by atoms with Crippen LogP contribution in [0.2, 0.25) is 0 Å². The number of aryl methyl sites for hydroxylation is 1. The van der Waals surface area contributed by atoms with E-state index < -0.39 is 11.9 Å². The van der Waals surface area contributed by atoms with Crippen molar-refractivity contribution in [2.45, 2.75) is 45.2 Å². The minimum atomic E-state index is -4.39. The summed E-state index contributed by atoms with van der Waals surface area (Å²) in [4.78, 5) is 12.0. The molecule has 0 atom stereocenters. The number of thiazole rings is 1. The van der Waals surface area contributed by atoms with Gasteiger partial charge in [-0.3, -0.25) is 4.99 Å². The first-order valence-corrected chi connectivity index (χ1v) is 9.46. The number of guanidine groups is 1. The standard InChI is InChI=1S/C16H23F3N6OS/c1-10(2)14-24-12(26-25-14)5-4-7-21-15(20-3)22-8-6-13-23-11(9-27-13)16(17,18)19/h9-10H,4-8H2,1-3H3,(H2,20,21,22). The Balaban J connectivity index is 1.66. The number of aliphatic imine (C=N–C) groups is 1. The fourth-order valence-electron chi connectivity index (χ4n) is 2.11. The lowest BCUT2D eigenvalue weighted by atomic mass is 10.2. The van der Waals surface area contributed by atoms with Gasteiger partial charge in [0.15, 0.2) is 17.5 Å². The molecule has 7 nitrogen and oxygen atoms in total. The summed E-state index contributed by atoms with van der Waals surface area (Å²) in [7, 11) is 1.63. The van der Waals surface area contributed by atoms with Crippen LogP contribution < -0.4 is 10.6 Å². The van der Waals surface area contributed by atoms with Gasteiger partial charge in [0.05, 0.1) is 5.01 Å². The molecule has 2 rings (SSSR count). The summed E-state index contributed by atoms with van der Waals surface area (Å²) in [6, 6.07) is 0. The van der Waals surface area contributed by atoms with E-state index in [4.69, 9.17) is 4.52 Å². The minimum absolute atomic E-state index is 0.230. The zero-order chi connectivity index (χ0) is 19.9. The number of aromatic nitrogens is 3. The molecule has 0 saturated carbocycles. The van der Waals surface area contributed by atoms with Gasteiger partial charge in [0.2, 0.25) is 5.89 Å². The van der Waals surface area contributed by atoms with Gasteiger partial charge in [-0.2, -0.15) is 18.2 Å². The van der Waals surface area contributed by atoms with Crippen LogP contribution in [0.25, 0.3) is 0 Å². The van der Waals surface area contributed by atoms with E-state index in [2.05, 4.69) is 30.8 Å². The fourth-order valence-corrected chi connectivity index (χ4v) is 2.92. The Bertz CT molecular complexity index is 741. The van der Waals surface area contributed by atoms with Crippen molar-refractivity contribution >= 4 is 17.3 Å². The molecule has 0 spiro atoms. The molecule has 11 heteroatoms. The summed E-state index contributed by atoms with van der Waals surface area (Å²) >= 11 is 1.00. The van der Waals surface area contributed by atoms with Crippen LogP contribution in [0.5, 0.6) is 0 Å². The fraction of sp³-hybridized carbons (Fsp3) is 0.625. The van der Waals surface area contributed by atoms with Gasteiger partial charge in [0.1, 0.15) is 0 Å². The van der Waals surface area contributed by atoms with E-state index >= 15 is 0 Å². The van der Waals surface area contributed by atoms with Crippen LogP contribution in [0, 0.1) is 0 Å². The SMILES string of the molecule is CN=C(NCCCc1nc(C(C)C)no1)NCCc1nc(C(F)(F)F)cs1. The Morgan fingerprint density at radius 3 is 2.56 bits per heavy atom. The summed E-state index contributed by atoms with van der Waals surface area (Å²) < 4.78 is 42.8. The minimum Gasteiger partial charge on any atom is -0.356 e. The third kappa shape index (κ3) is 6.81. The average molecular weight is 404 g/mol. The van der Waals surface area contributed by atoms with Gasteiger partial charge in [-0.25, -0.2) is 4.98 Å². The molecule has 150 valence electrons. The van der Waals surface area contributed by atoms with E-state index in [9.17, 15) is 13.2 Å². The Kier molecular flexibility index (Phi) is 7.57. The lowest BCUT2D eigenvalue weighted by Gasteiger charge is -2.10. The summed E-state index contributed by atoms with van der Waals surface area (Å²) in [5.41, 5.74) is -0.841. The predicted octanol–water partition coefficient (Wildman–Crippen LogP) is 3.01. The van der Waals surface area contributed by atoms with Crippen LogP contribution in [0.15, 0.2) is 14.9 Å². The molecule has 27 heavy (non-hydrogen) atoms. The first-order valence-electron chi connectivity index (χ1n) is 8.58. The number of hydrogen-bond acceptors (Lipinski definition) is 6. The molecule has 0 bridgehead atoms. The average Bonchev–Trinajstić information content (AvgIpc) is 3.26. The first kappa shape index (κ1) is 21.1. The topological polar surface area (TPSA) is 88.2 Å². The second kappa shape index (κ2) is 9.67. The highest BCUT2D eigenvalue weighted by Gasteiger charge is 2.33. The molecule has 2 aromatic heterocycles. The summed E-state index contributed by atoms with van der Waals surface area (Å²) in [6.07, 6.45) is -2.57. The highest BCUT2D eigenvalue weighted by Crippen LogP contribution is 2.29. The molecule has 2 N–H and O–H groups in total. The predicted molar refractivity (Wildman–Crippen MR) is 96.9 cm³/mol. The van der Waals surface area contributed by atoms with Crippen LogP contribution in [-0.4, -0.2) is 41.2 Å². The smallest absolute Gasteiger partial charge is 0.356 e. The number of alkyl halides is 3. The lowest BCUT2D eigenvalue weighted by Crippen LogP contribution is -2.38. The molecule has 0 aliphatic carbocycles. The van der Waals surface area contributed by atoms with Crippen molar-refractivity contribution in [1.29, 1.82) is 0 Å². The van der Waals surface area contributed by atoms with Gasteiger partial charge in [-0.1, -0.05) is 19.0 Å². The van der Waals surface area contributed by atoms with Crippen LogP contribution >= 0.6 is 11.3 Å². The van der Waals surface area contributed by atoms with Crippen molar-refractivity contribution in [2.24, 2.45) is 4.99 Å². The summed E-state index contributed by atoms with van der Waals surface area (Å²) in [5, 5.41) is 11.6. The maximum absolute atomic E-state index is 12.5. The second-order valence-electron chi connectivity index (χ2n) is 6.10. The van der Waals surface area contributed by atoms with Crippen LogP contribution in [-0.2, 0) is 19.0 Å². The third-order valence-electron chi connectivity index (χ3n) is 3.56.